The topological polar surface area (TPSA) is 13.1 Å². The van der Waals surface area contributed by atoms with E-state index in [1.54, 1.807) is 0 Å². The van der Waals surface area contributed by atoms with Gasteiger partial charge in [-0.2, -0.15) is 4.57 Å². The van der Waals surface area contributed by atoms with Gasteiger partial charge in [0.1, 0.15) is 5.75 Å². The van der Waals surface area contributed by atoms with Crippen LogP contribution in [0.15, 0.2) is 54.9 Å². The van der Waals surface area contributed by atoms with Gasteiger partial charge < -0.3 is 4.74 Å². The number of aromatic nitrogens is 1. The van der Waals surface area contributed by atoms with E-state index in [2.05, 4.69) is 43.5 Å². The Morgan fingerprint density at radius 3 is 1.43 bits per heavy atom. The van der Waals surface area contributed by atoms with E-state index in [0.29, 0.717) is 0 Å². The van der Waals surface area contributed by atoms with E-state index < -0.39 is 0 Å². The van der Waals surface area contributed by atoms with Gasteiger partial charge in [0.05, 0.1) is 6.61 Å². The summed E-state index contributed by atoms with van der Waals surface area (Å²) >= 11 is 0. The summed E-state index contributed by atoms with van der Waals surface area (Å²) < 4.78 is 7.98. The molecule has 0 saturated carbocycles. The molecule has 0 aliphatic carbocycles. The average Bonchev–Trinajstić information content (AvgIpc) is 2.94. The minimum Gasteiger partial charge on any atom is -0.494 e. The number of rotatable bonds is 24. The smallest absolute Gasteiger partial charge is 0.175 e. The maximum absolute atomic E-state index is 5.93. The zero-order chi connectivity index (χ0) is 26.1. The molecule has 0 unspecified atom stereocenters. The summed E-state index contributed by atoms with van der Waals surface area (Å²) in [6.45, 7) is 3.13. The Balaban J connectivity index is 1.30. The molecule has 0 N–H and O–H groups in total. The van der Waals surface area contributed by atoms with Crippen LogP contribution in [0.4, 0.5) is 0 Å². The number of pyridine rings is 1. The predicted octanol–water partition coefficient (Wildman–Crippen LogP) is 10.8. The summed E-state index contributed by atoms with van der Waals surface area (Å²) in [4.78, 5) is 0. The van der Waals surface area contributed by atoms with Crippen molar-refractivity contribution < 1.29 is 9.30 Å². The maximum Gasteiger partial charge on any atom is 0.175 e. The SMILES string of the molecule is CCCCCCCCCCCCCCCCCCCCCCOc1ccc(C=C[n+]2ccccc2)cc1. The fourth-order valence-electron chi connectivity index (χ4n) is 4.91. The molecule has 2 heteroatoms. The highest BCUT2D eigenvalue weighted by Gasteiger charge is 1.98. The summed E-state index contributed by atoms with van der Waals surface area (Å²) in [6.07, 6.45) is 36.6. The lowest BCUT2D eigenvalue weighted by atomic mass is 10.0. The first-order valence-electron chi connectivity index (χ1n) is 15.8. The molecule has 0 aliphatic heterocycles. The van der Waals surface area contributed by atoms with Crippen LogP contribution in [0.5, 0.6) is 5.75 Å². The first-order valence-corrected chi connectivity index (χ1v) is 15.8. The summed E-state index contributed by atoms with van der Waals surface area (Å²) in [5, 5.41) is 0. The molecule has 1 aromatic heterocycles. The second-order valence-electron chi connectivity index (χ2n) is 10.8. The third-order valence-electron chi connectivity index (χ3n) is 7.32. The van der Waals surface area contributed by atoms with E-state index in [-0.39, 0.29) is 0 Å². The van der Waals surface area contributed by atoms with E-state index in [1.165, 1.54) is 128 Å². The Morgan fingerprint density at radius 2 is 0.973 bits per heavy atom. The molecule has 2 nitrogen and oxygen atoms in total. The molecule has 0 bridgehead atoms. The van der Waals surface area contributed by atoms with Crippen LogP contribution in [0.2, 0.25) is 0 Å². The molecule has 0 aliphatic rings. The number of nitrogens with zero attached hydrogens (tertiary/aromatic N) is 1. The number of hydrogen-bond donors (Lipinski definition) is 0. The number of hydrogen-bond acceptors (Lipinski definition) is 1. The van der Waals surface area contributed by atoms with Gasteiger partial charge in [0, 0.05) is 18.2 Å². The molecule has 37 heavy (non-hydrogen) atoms. The molecule has 0 spiro atoms. The maximum atomic E-state index is 5.93. The molecule has 0 amide bonds. The van der Waals surface area contributed by atoms with Crippen LogP contribution < -0.4 is 9.30 Å². The number of benzene rings is 1. The van der Waals surface area contributed by atoms with E-state index >= 15 is 0 Å². The molecular formula is C35H56NO+. The van der Waals surface area contributed by atoms with Crippen molar-refractivity contribution in [1.29, 1.82) is 0 Å². The summed E-state index contributed by atoms with van der Waals surface area (Å²) in [7, 11) is 0. The first kappa shape index (κ1) is 31.1. The monoisotopic (exact) mass is 506 g/mol. The Morgan fingerprint density at radius 1 is 0.541 bits per heavy atom. The standard InChI is InChI=1S/C35H56NO/c1-2-3-4-5-6-7-8-9-10-11-12-13-14-15-16-17-18-19-20-24-33-37-35-27-25-34(26-28-35)29-32-36-30-22-21-23-31-36/h21-23,25-32H,2-20,24,33H2,1H3/q+1. The van der Waals surface area contributed by atoms with Gasteiger partial charge in [-0.3, -0.25) is 0 Å². The van der Waals surface area contributed by atoms with Gasteiger partial charge in [-0.15, -0.1) is 0 Å². The lowest BCUT2D eigenvalue weighted by Gasteiger charge is -2.06. The number of unbranched alkanes of at least 4 members (excludes halogenated alkanes) is 19. The first-order chi connectivity index (χ1) is 18.4. The summed E-state index contributed by atoms with van der Waals surface area (Å²) in [5.41, 5.74) is 1.18. The van der Waals surface area contributed by atoms with Crippen LogP contribution in [0.25, 0.3) is 12.3 Å². The van der Waals surface area contributed by atoms with E-state index in [9.17, 15) is 0 Å². The van der Waals surface area contributed by atoms with Crippen LogP contribution >= 0.6 is 0 Å². The second-order valence-corrected chi connectivity index (χ2v) is 10.8. The van der Waals surface area contributed by atoms with Crippen molar-refractivity contribution >= 4 is 12.3 Å². The van der Waals surface area contributed by atoms with Gasteiger partial charge in [-0.1, -0.05) is 147 Å². The van der Waals surface area contributed by atoms with Gasteiger partial charge >= 0.3 is 0 Å². The Hall–Kier alpha value is -2.09. The van der Waals surface area contributed by atoms with Crippen molar-refractivity contribution in [2.45, 2.75) is 135 Å². The van der Waals surface area contributed by atoms with E-state index in [0.717, 1.165) is 18.8 Å². The zero-order valence-electron chi connectivity index (χ0n) is 24.1. The number of ether oxygens (including phenoxy) is 1. The highest BCUT2D eigenvalue weighted by Crippen LogP contribution is 2.16. The van der Waals surface area contributed by atoms with Crippen molar-refractivity contribution in [2.24, 2.45) is 0 Å². The predicted molar refractivity (Wildman–Crippen MR) is 162 cm³/mol. The lowest BCUT2D eigenvalue weighted by Crippen LogP contribution is -2.23. The normalized spacial score (nSPS) is 11.4. The largest absolute Gasteiger partial charge is 0.494 e. The third-order valence-corrected chi connectivity index (χ3v) is 7.32. The Kier molecular flexibility index (Phi) is 19.4. The fourth-order valence-corrected chi connectivity index (χ4v) is 4.91. The van der Waals surface area contributed by atoms with Crippen LogP contribution in [-0.4, -0.2) is 6.61 Å². The van der Waals surface area contributed by atoms with Crippen molar-refractivity contribution in [3.63, 3.8) is 0 Å². The van der Waals surface area contributed by atoms with Gasteiger partial charge in [-0.05, 0) is 24.1 Å². The van der Waals surface area contributed by atoms with E-state index in [1.807, 2.05) is 35.2 Å². The lowest BCUT2D eigenvalue weighted by molar-refractivity contribution is -0.567. The molecule has 1 heterocycles. The molecule has 0 atom stereocenters. The molecule has 0 saturated heterocycles. The van der Waals surface area contributed by atoms with Crippen molar-refractivity contribution in [3.05, 3.63) is 60.4 Å². The van der Waals surface area contributed by atoms with Crippen LogP contribution in [-0.2, 0) is 0 Å². The highest BCUT2D eigenvalue weighted by atomic mass is 16.5. The molecule has 1 aromatic carbocycles. The van der Waals surface area contributed by atoms with Gasteiger partial charge in [0.2, 0.25) is 0 Å². The minimum atomic E-state index is 0.827. The highest BCUT2D eigenvalue weighted by molar-refractivity contribution is 5.57. The van der Waals surface area contributed by atoms with Gasteiger partial charge in [-0.25, -0.2) is 0 Å². The van der Waals surface area contributed by atoms with Crippen LogP contribution in [0, 0.1) is 0 Å². The second kappa shape index (κ2) is 23.1. The Bertz CT molecular complexity index is 768. The zero-order valence-corrected chi connectivity index (χ0v) is 24.1. The molecule has 2 aromatic rings. The van der Waals surface area contributed by atoms with E-state index in [4.69, 9.17) is 4.74 Å². The molecule has 2 rings (SSSR count). The van der Waals surface area contributed by atoms with Gasteiger partial charge in [0.15, 0.2) is 18.6 Å². The van der Waals surface area contributed by atoms with Crippen molar-refractivity contribution in [2.75, 3.05) is 6.61 Å². The fraction of sp³-hybridized carbons (Fsp3) is 0.629. The summed E-state index contributed by atoms with van der Waals surface area (Å²) in [6, 6.07) is 14.5. The summed E-state index contributed by atoms with van der Waals surface area (Å²) in [5.74, 6) is 0.974. The van der Waals surface area contributed by atoms with Crippen molar-refractivity contribution in [3.8, 4) is 5.75 Å². The van der Waals surface area contributed by atoms with Crippen LogP contribution in [0.3, 0.4) is 0 Å². The van der Waals surface area contributed by atoms with Crippen LogP contribution in [0.1, 0.15) is 141 Å². The quantitative estimate of drug-likeness (QED) is 0.102. The average molecular weight is 507 g/mol. The molecule has 206 valence electrons. The molecular weight excluding hydrogens is 450 g/mol. The van der Waals surface area contributed by atoms with Gasteiger partial charge in [0.25, 0.3) is 0 Å². The minimum absolute atomic E-state index is 0.827. The molecule has 0 fully saturated rings. The molecule has 0 radical (unpaired) electrons. The van der Waals surface area contributed by atoms with Crippen molar-refractivity contribution in [1.82, 2.24) is 0 Å². The third kappa shape index (κ3) is 17.9. The Labute approximate surface area is 229 Å².